The molecule has 106 valence electrons. The number of ether oxygens (including phenoxy) is 1. The fraction of sp³-hybridized carbons (Fsp3) is 0.643. The molecule has 1 saturated heterocycles. The summed E-state index contributed by atoms with van der Waals surface area (Å²) < 4.78 is 6.17. The molecule has 0 saturated carbocycles. The van der Waals surface area contributed by atoms with Crippen molar-refractivity contribution in [2.75, 3.05) is 26.8 Å². The van der Waals surface area contributed by atoms with Crippen LogP contribution < -0.4 is 4.74 Å². The summed E-state index contributed by atoms with van der Waals surface area (Å²) >= 11 is 3.53. The minimum absolute atomic E-state index is 0.00356. The lowest BCUT2D eigenvalue weighted by atomic mass is 9.82. The van der Waals surface area contributed by atoms with Crippen LogP contribution in [0.5, 0.6) is 5.88 Å². The van der Waals surface area contributed by atoms with Crippen molar-refractivity contribution in [2.45, 2.75) is 20.4 Å². The molecule has 0 radical (unpaired) electrons. The van der Waals surface area contributed by atoms with Crippen LogP contribution in [0, 0.1) is 11.3 Å². The van der Waals surface area contributed by atoms with Gasteiger partial charge in [-0.15, -0.1) is 0 Å². The molecule has 0 amide bonds. The van der Waals surface area contributed by atoms with Gasteiger partial charge in [-0.05, 0) is 27.4 Å². The zero-order chi connectivity index (χ0) is 14.0. The highest BCUT2D eigenvalue weighted by atomic mass is 79.9. The Labute approximate surface area is 122 Å². The van der Waals surface area contributed by atoms with E-state index in [4.69, 9.17) is 4.74 Å². The summed E-state index contributed by atoms with van der Waals surface area (Å²) in [6.07, 6.45) is 1.78. The van der Waals surface area contributed by atoms with Crippen LogP contribution >= 0.6 is 15.9 Å². The second kappa shape index (κ2) is 5.77. The molecule has 2 unspecified atom stereocenters. The highest BCUT2D eigenvalue weighted by Gasteiger charge is 2.39. The average molecular weight is 329 g/mol. The number of likely N-dealkylation sites (tertiary alicyclic amines) is 1. The van der Waals surface area contributed by atoms with Gasteiger partial charge in [-0.1, -0.05) is 13.8 Å². The molecule has 19 heavy (non-hydrogen) atoms. The molecule has 0 spiro atoms. The van der Waals surface area contributed by atoms with Gasteiger partial charge in [0.15, 0.2) is 0 Å². The smallest absolute Gasteiger partial charge is 0.213 e. The number of pyridine rings is 1. The van der Waals surface area contributed by atoms with Crippen molar-refractivity contribution in [2.24, 2.45) is 11.3 Å². The van der Waals surface area contributed by atoms with E-state index in [1.165, 1.54) is 5.56 Å². The summed E-state index contributed by atoms with van der Waals surface area (Å²) in [6, 6.07) is 1.96. The third kappa shape index (κ3) is 3.09. The standard InChI is InChI=1S/C14H21BrN2O2/c1-10-6-17(8-14(10,2)9-18)7-11-4-13(19-3)16-5-12(11)15/h4-5,10,18H,6-9H2,1-3H3. The van der Waals surface area contributed by atoms with Gasteiger partial charge in [-0.25, -0.2) is 4.98 Å². The van der Waals surface area contributed by atoms with Gasteiger partial charge in [0.1, 0.15) is 0 Å². The van der Waals surface area contributed by atoms with Crippen LogP contribution in [-0.2, 0) is 6.54 Å². The minimum Gasteiger partial charge on any atom is -0.481 e. The highest BCUT2D eigenvalue weighted by Crippen LogP contribution is 2.36. The number of hydrogen-bond donors (Lipinski definition) is 1. The molecular formula is C14H21BrN2O2. The van der Waals surface area contributed by atoms with Gasteiger partial charge in [0.2, 0.25) is 5.88 Å². The van der Waals surface area contributed by atoms with Crippen molar-refractivity contribution in [1.82, 2.24) is 9.88 Å². The normalized spacial score (nSPS) is 27.7. The van der Waals surface area contributed by atoms with Crippen LogP contribution in [0.25, 0.3) is 0 Å². The molecule has 2 atom stereocenters. The average Bonchev–Trinajstić information content (AvgIpc) is 2.68. The van der Waals surface area contributed by atoms with Crippen LogP contribution in [-0.4, -0.2) is 41.8 Å². The summed E-state index contributed by atoms with van der Waals surface area (Å²) in [7, 11) is 1.63. The fourth-order valence-electron chi connectivity index (χ4n) is 2.60. The Morgan fingerprint density at radius 2 is 2.37 bits per heavy atom. The summed E-state index contributed by atoms with van der Waals surface area (Å²) in [6.45, 7) is 7.37. The Hall–Kier alpha value is -0.650. The molecule has 0 aromatic carbocycles. The molecule has 1 aromatic heterocycles. The van der Waals surface area contributed by atoms with E-state index in [1.54, 1.807) is 13.3 Å². The second-order valence-corrected chi connectivity index (χ2v) is 6.56. The van der Waals surface area contributed by atoms with Crippen LogP contribution in [0.3, 0.4) is 0 Å². The maximum atomic E-state index is 9.55. The van der Waals surface area contributed by atoms with Crippen molar-refractivity contribution in [3.8, 4) is 5.88 Å². The van der Waals surface area contributed by atoms with Gasteiger partial charge in [-0.2, -0.15) is 0 Å². The first-order valence-corrected chi connectivity index (χ1v) is 7.29. The predicted molar refractivity (Wildman–Crippen MR) is 78.1 cm³/mol. The van der Waals surface area contributed by atoms with E-state index in [0.717, 1.165) is 24.1 Å². The Morgan fingerprint density at radius 3 is 2.95 bits per heavy atom. The Balaban J connectivity index is 2.10. The number of aromatic nitrogens is 1. The molecule has 0 bridgehead atoms. The molecule has 1 aliphatic rings. The van der Waals surface area contributed by atoms with Gasteiger partial charge < -0.3 is 9.84 Å². The third-order valence-corrected chi connectivity index (χ3v) is 4.89. The number of hydrogen-bond acceptors (Lipinski definition) is 4. The maximum Gasteiger partial charge on any atom is 0.213 e. The lowest BCUT2D eigenvalue weighted by Gasteiger charge is -2.25. The number of aliphatic hydroxyl groups is 1. The summed E-state index contributed by atoms with van der Waals surface area (Å²) in [5.74, 6) is 1.13. The first-order valence-electron chi connectivity index (χ1n) is 6.50. The van der Waals surface area contributed by atoms with Gasteiger partial charge in [0, 0.05) is 48.4 Å². The largest absolute Gasteiger partial charge is 0.481 e. The van der Waals surface area contributed by atoms with E-state index < -0.39 is 0 Å². The first-order chi connectivity index (χ1) is 8.98. The van der Waals surface area contributed by atoms with Crippen LogP contribution in [0.4, 0.5) is 0 Å². The molecule has 1 N–H and O–H groups in total. The molecular weight excluding hydrogens is 308 g/mol. The quantitative estimate of drug-likeness (QED) is 0.921. The van der Waals surface area contributed by atoms with Crippen LogP contribution in [0.1, 0.15) is 19.4 Å². The van der Waals surface area contributed by atoms with Gasteiger partial charge in [0.25, 0.3) is 0 Å². The number of halogens is 1. The number of methoxy groups -OCH3 is 1. The summed E-state index contributed by atoms with van der Waals surface area (Å²) in [4.78, 5) is 6.54. The monoisotopic (exact) mass is 328 g/mol. The topological polar surface area (TPSA) is 45.6 Å². The molecule has 1 aromatic rings. The van der Waals surface area contributed by atoms with E-state index in [1.807, 2.05) is 6.07 Å². The fourth-order valence-corrected chi connectivity index (χ4v) is 2.94. The molecule has 0 aliphatic carbocycles. The number of rotatable bonds is 4. The lowest BCUT2D eigenvalue weighted by molar-refractivity contribution is 0.117. The Bertz CT molecular complexity index is 455. The molecule has 5 heteroatoms. The maximum absolute atomic E-state index is 9.55. The van der Waals surface area contributed by atoms with E-state index in [0.29, 0.717) is 11.8 Å². The van der Waals surface area contributed by atoms with Crippen molar-refractivity contribution in [1.29, 1.82) is 0 Å². The lowest BCUT2D eigenvalue weighted by Crippen LogP contribution is -2.30. The zero-order valence-electron chi connectivity index (χ0n) is 11.7. The van der Waals surface area contributed by atoms with Gasteiger partial charge in [-0.3, -0.25) is 4.90 Å². The van der Waals surface area contributed by atoms with E-state index >= 15 is 0 Å². The summed E-state index contributed by atoms with van der Waals surface area (Å²) in [5, 5.41) is 9.55. The molecule has 1 aliphatic heterocycles. The molecule has 1 fully saturated rings. The van der Waals surface area contributed by atoms with Gasteiger partial charge >= 0.3 is 0 Å². The number of nitrogens with zero attached hydrogens (tertiary/aromatic N) is 2. The minimum atomic E-state index is 0.00356. The zero-order valence-corrected chi connectivity index (χ0v) is 13.3. The highest BCUT2D eigenvalue weighted by molar-refractivity contribution is 9.10. The summed E-state index contributed by atoms with van der Waals surface area (Å²) in [5.41, 5.74) is 1.17. The van der Waals surface area contributed by atoms with Gasteiger partial charge in [0.05, 0.1) is 7.11 Å². The molecule has 2 rings (SSSR count). The van der Waals surface area contributed by atoms with E-state index in [9.17, 15) is 5.11 Å². The molecule has 2 heterocycles. The number of aliphatic hydroxyl groups excluding tert-OH is 1. The van der Waals surface area contributed by atoms with Crippen molar-refractivity contribution in [3.05, 3.63) is 22.3 Å². The first kappa shape index (κ1) is 14.8. The van der Waals surface area contributed by atoms with Crippen molar-refractivity contribution < 1.29 is 9.84 Å². The molecule has 4 nitrogen and oxygen atoms in total. The van der Waals surface area contributed by atoms with Crippen LogP contribution in [0.2, 0.25) is 0 Å². The van der Waals surface area contributed by atoms with Crippen molar-refractivity contribution in [3.63, 3.8) is 0 Å². The second-order valence-electron chi connectivity index (χ2n) is 5.70. The SMILES string of the molecule is COc1cc(CN2CC(C)C(C)(CO)C2)c(Br)cn1. The Kier molecular flexibility index (Phi) is 4.48. The third-order valence-electron chi connectivity index (χ3n) is 4.18. The predicted octanol–water partition coefficient (Wildman–Crippen LogP) is 2.30. The Morgan fingerprint density at radius 1 is 1.63 bits per heavy atom. The van der Waals surface area contributed by atoms with E-state index in [-0.39, 0.29) is 12.0 Å². The van der Waals surface area contributed by atoms with E-state index in [2.05, 4.69) is 39.7 Å². The van der Waals surface area contributed by atoms with Crippen LogP contribution in [0.15, 0.2) is 16.7 Å². The van der Waals surface area contributed by atoms with Crippen molar-refractivity contribution >= 4 is 15.9 Å².